The Morgan fingerprint density at radius 3 is 1.13 bits per heavy atom. The van der Waals surface area contributed by atoms with Crippen LogP contribution in [-0.4, -0.2) is 32.6 Å². The van der Waals surface area contributed by atoms with E-state index in [1.807, 2.05) is 98.8 Å². The van der Waals surface area contributed by atoms with Crippen LogP contribution < -0.4 is 0 Å². The number of phenolic OH excluding ortho intramolecular Hbond substituents is 2. The number of benzene rings is 4. The maximum absolute atomic E-state index is 11.0. The monoisotopic (exact) mass is 548 g/mol. The first kappa shape index (κ1) is 33.1. The summed E-state index contributed by atoms with van der Waals surface area (Å²) in [6, 6.07) is 27.8. The van der Waals surface area contributed by atoms with Gasteiger partial charge in [0.15, 0.2) is 0 Å². The summed E-state index contributed by atoms with van der Waals surface area (Å²) in [5.74, 6) is 0.535. The van der Waals surface area contributed by atoms with Gasteiger partial charge in [0.2, 0.25) is 0 Å². The number of hydrogen-bond donors (Lipinski definition) is 4. The van der Waals surface area contributed by atoms with E-state index in [9.17, 15) is 10.2 Å². The van der Waals surface area contributed by atoms with Crippen LogP contribution in [0.5, 0.6) is 11.5 Å². The van der Waals surface area contributed by atoms with Crippen LogP contribution in [0.4, 0.5) is 0 Å². The molecule has 0 heterocycles. The fourth-order valence-corrected chi connectivity index (χ4v) is 3.86. The molecule has 0 saturated heterocycles. The molecule has 0 saturated carbocycles. The molecule has 0 unspecified atom stereocenters. The van der Waals surface area contributed by atoms with Gasteiger partial charge in [-0.3, -0.25) is 0 Å². The van der Waals surface area contributed by atoms with Gasteiger partial charge in [0.25, 0.3) is 0 Å². The largest absolute Gasteiger partial charge is 0.507 e. The SMILES string of the molecule is CC(C)O.CC(C)O.Cc1cc(Cc2cc(C)cc(-c3ccccc3)c2O)c(O)c(-c2ccccc2)c1.[Ti]. The number of aliphatic hydroxyl groups is 2. The summed E-state index contributed by atoms with van der Waals surface area (Å²) in [5, 5.41) is 38.1. The van der Waals surface area contributed by atoms with Crippen molar-refractivity contribution in [1.82, 2.24) is 0 Å². The second kappa shape index (κ2) is 16.2. The molecule has 0 bridgehead atoms. The second-order valence-electron chi connectivity index (χ2n) is 9.74. The average Bonchev–Trinajstić information content (AvgIpc) is 2.83. The van der Waals surface area contributed by atoms with Crippen LogP contribution in [0.3, 0.4) is 0 Å². The number of aliphatic hydroxyl groups excluding tert-OH is 2. The third kappa shape index (κ3) is 10.5. The van der Waals surface area contributed by atoms with E-state index in [0.717, 1.165) is 44.5 Å². The molecule has 0 aliphatic rings. The van der Waals surface area contributed by atoms with E-state index in [2.05, 4.69) is 0 Å². The predicted molar refractivity (Wildman–Crippen MR) is 154 cm³/mol. The van der Waals surface area contributed by atoms with Gasteiger partial charge in [0.1, 0.15) is 11.5 Å². The van der Waals surface area contributed by atoms with Crippen molar-refractivity contribution >= 4 is 0 Å². The van der Waals surface area contributed by atoms with Crippen LogP contribution in [0.25, 0.3) is 22.3 Å². The van der Waals surface area contributed by atoms with Gasteiger partial charge in [-0.1, -0.05) is 72.8 Å². The molecule has 38 heavy (non-hydrogen) atoms. The van der Waals surface area contributed by atoms with E-state index in [0.29, 0.717) is 6.42 Å². The van der Waals surface area contributed by atoms with Gasteiger partial charge in [-0.15, -0.1) is 0 Å². The van der Waals surface area contributed by atoms with E-state index in [1.54, 1.807) is 27.7 Å². The molecule has 0 atom stereocenters. The van der Waals surface area contributed by atoms with Crippen molar-refractivity contribution < 1.29 is 42.1 Å². The van der Waals surface area contributed by atoms with Gasteiger partial charge in [-0.05, 0) is 87.1 Å². The zero-order chi connectivity index (χ0) is 27.5. The molecule has 0 aliphatic heterocycles. The summed E-state index contributed by atoms with van der Waals surface area (Å²) in [6.07, 6.45) is 0.126. The Labute approximate surface area is 242 Å². The molecule has 0 radical (unpaired) electrons. The van der Waals surface area contributed by atoms with Crippen LogP contribution in [0.15, 0.2) is 84.9 Å². The third-order valence-corrected chi connectivity index (χ3v) is 5.22. The fourth-order valence-electron chi connectivity index (χ4n) is 3.86. The number of rotatable bonds is 4. The molecule has 0 aromatic heterocycles. The smallest absolute Gasteiger partial charge is 0.126 e. The van der Waals surface area contributed by atoms with Crippen molar-refractivity contribution in [3.63, 3.8) is 0 Å². The maximum atomic E-state index is 11.0. The molecule has 0 spiro atoms. The molecule has 4 nitrogen and oxygen atoms in total. The Kier molecular flexibility index (Phi) is 14.1. The van der Waals surface area contributed by atoms with Crippen molar-refractivity contribution in [1.29, 1.82) is 0 Å². The molecule has 4 aromatic rings. The standard InChI is InChI=1S/C27H24O2.2C3H8O.Ti/c1-18-13-22(26(28)24(15-18)20-9-5-3-6-10-20)17-23-14-19(2)16-25(27(23)29)21-11-7-4-8-12-21;2*1-3(2)4;/h3-16,28-29H,17H2,1-2H3;2*3-4H,1-2H3;. The van der Waals surface area contributed by atoms with E-state index in [-0.39, 0.29) is 45.4 Å². The average molecular weight is 549 g/mol. The Hall–Kier alpha value is -2.89. The first-order valence-corrected chi connectivity index (χ1v) is 12.6. The van der Waals surface area contributed by atoms with Crippen LogP contribution in [-0.2, 0) is 28.1 Å². The summed E-state index contributed by atoms with van der Waals surface area (Å²) in [7, 11) is 0. The topological polar surface area (TPSA) is 80.9 Å². The minimum absolute atomic E-state index is 0. The van der Waals surface area contributed by atoms with E-state index in [1.165, 1.54) is 0 Å². The molecule has 5 heteroatoms. The molecular formula is C33H40O4Ti. The minimum Gasteiger partial charge on any atom is -0.507 e. The van der Waals surface area contributed by atoms with E-state index < -0.39 is 0 Å². The van der Waals surface area contributed by atoms with Crippen molar-refractivity contribution in [3.05, 3.63) is 107 Å². The summed E-state index contributed by atoms with van der Waals surface area (Å²) in [4.78, 5) is 0. The van der Waals surface area contributed by atoms with Gasteiger partial charge in [-0.25, -0.2) is 0 Å². The molecule has 200 valence electrons. The Morgan fingerprint density at radius 2 is 0.842 bits per heavy atom. The number of aromatic hydroxyl groups is 2. The third-order valence-electron chi connectivity index (χ3n) is 5.22. The van der Waals surface area contributed by atoms with Gasteiger partial charge in [0.05, 0.1) is 0 Å². The second-order valence-corrected chi connectivity index (χ2v) is 9.74. The minimum atomic E-state index is -0.167. The van der Waals surface area contributed by atoms with Crippen LogP contribution in [0.2, 0.25) is 0 Å². The first-order valence-electron chi connectivity index (χ1n) is 12.6. The maximum Gasteiger partial charge on any atom is 0.126 e. The molecule has 4 N–H and O–H groups in total. The zero-order valence-corrected chi connectivity index (χ0v) is 24.8. The molecular weight excluding hydrogens is 508 g/mol. The quantitative estimate of drug-likeness (QED) is 0.200. The summed E-state index contributed by atoms with van der Waals surface area (Å²) < 4.78 is 0. The van der Waals surface area contributed by atoms with E-state index in [4.69, 9.17) is 10.2 Å². The van der Waals surface area contributed by atoms with Gasteiger partial charge in [-0.2, -0.15) is 0 Å². The zero-order valence-electron chi connectivity index (χ0n) is 23.2. The van der Waals surface area contributed by atoms with Crippen molar-refractivity contribution in [2.24, 2.45) is 0 Å². The summed E-state index contributed by atoms with van der Waals surface area (Å²) >= 11 is 0. The predicted octanol–water partition coefficient (Wildman–Crippen LogP) is 7.41. The molecule has 0 amide bonds. The molecule has 4 rings (SSSR count). The van der Waals surface area contributed by atoms with Gasteiger partial charge in [0, 0.05) is 51.5 Å². The normalized spacial score (nSPS) is 10.2. The molecule has 0 fully saturated rings. The Balaban J connectivity index is 0.000000709. The number of aryl methyl sites for hydroxylation is 2. The summed E-state index contributed by atoms with van der Waals surface area (Å²) in [6.45, 7) is 10.9. The number of phenols is 2. The van der Waals surface area contributed by atoms with Crippen LogP contribution in [0, 0.1) is 13.8 Å². The summed E-state index contributed by atoms with van der Waals surface area (Å²) in [5.41, 5.74) is 7.36. The molecule has 0 aliphatic carbocycles. The molecule has 4 aromatic carbocycles. The van der Waals surface area contributed by atoms with Crippen molar-refractivity contribution in [2.75, 3.05) is 0 Å². The van der Waals surface area contributed by atoms with Crippen LogP contribution in [0.1, 0.15) is 49.9 Å². The van der Waals surface area contributed by atoms with Crippen molar-refractivity contribution in [2.45, 2.75) is 60.2 Å². The van der Waals surface area contributed by atoms with Crippen LogP contribution >= 0.6 is 0 Å². The number of hydrogen-bond acceptors (Lipinski definition) is 4. The fraction of sp³-hybridized carbons (Fsp3) is 0.273. The first-order chi connectivity index (χ1) is 17.5. The van der Waals surface area contributed by atoms with Crippen molar-refractivity contribution in [3.8, 4) is 33.8 Å². The Bertz CT molecular complexity index is 1150. The Morgan fingerprint density at radius 1 is 0.553 bits per heavy atom. The van der Waals surface area contributed by atoms with E-state index >= 15 is 0 Å². The van der Waals surface area contributed by atoms with Gasteiger partial charge < -0.3 is 20.4 Å². The van der Waals surface area contributed by atoms with Gasteiger partial charge >= 0.3 is 0 Å².